The Bertz CT molecular complexity index is 871. The van der Waals surface area contributed by atoms with Gasteiger partial charge in [-0.15, -0.1) is 0 Å². The highest BCUT2D eigenvalue weighted by Crippen LogP contribution is 2.26. The summed E-state index contributed by atoms with van der Waals surface area (Å²) in [4.78, 5) is 15.6. The minimum absolute atomic E-state index is 0.0406. The molecule has 24 heavy (non-hydrogen) atoms. The van der Waals surface area contributed by atoms with Crippen LogP contribution in [0.15, 0.2) is 48.7 Å². The first kappa shape index (κ1) is 16.4. The number of carbonyl (C=O) groups excluding carboxylic acids is 1. The van der Waals surface area contributed by atoms with Crippen LogP contribution in [0.4, 0.5) is 5.69 Å². The van der Waals surface area contributed by atoms with Crippen molar-refractivity contribution in [2.45, 2.75) is 26.4 Å². The van der Waals surface area contributed by atoms with Crippen LogP contribution in [0.3, 0.4) is 0 Å². The van der Waals surface area contributed by atoms with E-state index in [9.17, 15) is 4.79 Å². The molecule has 1 amide bonds. The van der Waals surface area contributed by atoms with E-state index in [-0.39, 0.29) is 18.4 Å². The molecule has 0 unspecified atom stereocenters. The average Bonchev–Trinajstić information content (AvgIpc) is 2.91. The third kappa shape index (κ3) is 3.71. The van der Waals surface area contributed by atoms with E-state index in [0.717, 1.165) is 16.5 Å². The van der Waals surface area contributed by atoms with E-state index < -0.39 is 0 Å². The molecule has 3 rings (SSSR count). The van der Waals surface area contributed by atoms with Crippen LogP contribution in [0.2, 0.25) is 5.02 Å². The number of fused-ring (bicyclic) bond motifs is 1. The molecule has 0 bridgehead atoms. The van der Waals surface area contributed by atoms with Crippen molar-refractivity contribution < 1.29 is 9.53 Å². The van der Waals surface area contributed by atoms with Gasteiger partial charge in [0.15, 0.2) is 0 Å². The number of carbonyl (C=O) groups is 1. The van der Waals surface area contributed by atoms with E-state index in [1.54, 1.807) is 0 Å². The van der Waals surface area contributed by atoms with Gasteiger partial charge in [0, 0.05) is 22.1 Å². The molecule has 0 saturated heterocycles. The maximum absolute atomic E-state index is 12.4. The molecule has 0 radical (unpaired) electrons. The van der Waals surface area contributed by atoms with Gasteiger partial charge in [-0.1, -0.05) is 23.7 Å². The Morgan fingerprint density at radius 3 is 2.83 bits per heavy atom. The van der Waals surface area contributed by atoms with Crippen LogP contribution in [-0.4, -0.2) is 17.0 Å². The number of para-hydroxylation sites is 2. The van der Waals surface area contributed by atoms with Crippen LogP contribution in [0.1, 0.15) is 19.4 Å². The second-order valence-electron chi connectivity index (χ2n) is 5.89. The first-order chi connectivity index (χ1) is 11.5. The topological polar surface area (TPSA) is 54.1 Å². The fourth-order valence-corrected chi connectivity index (χ4v) is 2.76. The van der Waals surface area contributed by atoms with Gasteiger partial charge in [-0.25, -0.2) is 0 Å². The van der Waals surface area contributed by atoms with Crippen molar-refractivity contribution in [1.82, 2.24) is 4.98 Å². The number of aromatic amines is 1. The number of rotatable bonds is 5. The number of hydrogen-bond donors (Lipinski definition) is 2. The lowest BCUT2D eigenvalue weighted by Crippen LogP contribution is -2.16. The van der Waals surface area contributed by atoms with Crippen molar-refractivity contribution >= 4 is 34.1 Å². The maximum atomic E-state index is 12.4. The summed E-state index contributed by atoms with van der Waals surface area (Å²) in [7, 11) is 0. The summed E-state index contributed by atoms with van der Waals surface area (Å²) < 4.78 is 5.73. The molecule has 3 aromatic rings. The van der Waals surface area contributed by atoms with Crippen molar-refractivity contribution in [1.29, 1.82) is 0 Å². The lowest BCUT2D eigenvalue weighted by atomic mass is 10.1. The van der Waals surface area contributed by atoms with E-state index >= 15 is 0 Å². The molecular formula is C19H19ClN2O2. The van der Waals surface area contributed by atoms with Gasteiger partial charge in [-0.2, -0.15) is 0 Å². The van der Waals surface area contributed by atoms with Gasteiger partial charge in [-0.05, 0) is 49.7 Å². The SMILES string of the molecule is CC(C)Oc1ccccc1NC(=O)Cc1c[nH]c2ccc(Cl)cc12. The lowest BCUT2D eigenvalue weighted by molar-refractivity contribution is -0.115. The fourth-order valence-electron chi connectivity index (χ4n) is 2.59. The fraction of sp³-hybridized carbons (Fsp3) is 0.211. The summed E-state index contributed by atoms with van der Waals surface area (Å²) in [6.07, 6.45) is 2.15. The number of hydrogen-bond acceptors (Lipinski definition) is 2. The van der Waals surface area contributed by atoms with Crippen LogP contribution in [0, 0.1) is 0 Å². The molecule has 5 heteroatoms. The van der Waals surface area contributed by atoms with Crippen LogP contribution in [0.5, 0.6) is 5.75 Å². The van der Waals surface area contributed by atoms with Crippen molar-refractivity contribution in [3.63, 3.8) is 0 Å². The Morgan fingerprint density at radius 2 is 2.04 bits per heavy atom. The zero-order chi connectivity index (χ0) is 17.1. The van der Waals surface area contributed by atoms with Crippen molar-refractivity contribution in [2.24, 2.45) is 0 Å². The molecule has 4 nitrogen and oxygen atoms in total. The highest BCUT2D eigenvalue weighted by Gasteiger charge is 2.12. The average molecular weight is 343 g/mol. The van der Waals surface area contributed by atoms with Crippen LogP contribution >= 0.6 is 11.6 Å². The molecule has 0 aliphatic heterocycles. The smallest absolute Gasteiger partial charge is 0.228 e. The normalized spacial score (nSPS) is 11.0. The lowest BCUT2D eigenvalue weighted by Gasteiger charge is -2.14. The number of H-pyrrole nitrogens is 1. The predicted molar refractivity (Wildman–Crippen MR) is 97.8 cm³/mol. The monoisotopic (exact) mass is 342 g/mol. The van der Waals surface area contributed by atoms with Gasteiger partial charge in [0.05, 0.1) is 18.2 Å². The molecule has 0 spiro atoms. The second-order valence-corrected chi connectivity index (χ2v) is 6.33. The number of ether oxygens (including phenoxy) is 1. The number of halogens is 1. The molecule has 0 atom stereocenters. The second kappa shape index (κ2) is 6.97. The Kier molecular flexibility index (Phi) is 4.76. The number of aromatic nitrogens is 1. The van der Waals surface area contributed by atoms with Crippen LogP contribution in [0.25, 0.3) is 10.9 Å². The summed E-state index contributed by atoms with van der Waals surface area (Å²) in [5, 5.41) is 4.54. The first-order valence-corrected chi connectivity index (χ1v) is 8.22. The molecule has 0 aliphatic rings. The van der Waals surface area contributed by atoms with E-state index in [4.69, 9.17) is 16.3 Å². The summed E-state index contributed by atoms with van der Waals surface area (Å²) in [5.41, 5.74) is 2.55. The molecular weight excluding hydrogens is 324 g/mol. The third-order valence-electron chi connectivity index (χ3n) is 3.60. The minimum Gasteiger partial charge on any atom is -0.489 e. The van der Waals surface area contributed by atoms with E-state index in [2.05, 4.69) is 10.3 Å². The van der Waals surface area contributed by atoms with Gasteiger partial charge >= 0.3 is 0 Å². The minimum atomic E-state index is -0.101. The molecule has 1 aromatic heterocycles. The summed E-state index contributed by atoms with van der Waals surface area (Å²) >= 11 is 6.05. The Balaban J connectivity index is 1.77. The zero-order valence-electron chi connectivity index (χ0n) is 13.6. The van der Waals surface area contributed by atoms with Gasteiger partial charge in [0.25, 0.3) is 0 Å². The van der Waals surface area contributed by atoms with Gasteiger partial charge in [0.2, 0.25) is 5.91 Å². The van der Waals surface area contributed by atoms with Gasteiger partial charge < -0.3 is 15.0 Å². The molecule has 1 heterocycles. The summed E-state index contributed by atoms with van der Waals surface area (Å²) in [6.45, 7) is 3.91. The number of amides is 1. The highest BCUT2D eigenvalue weighted by atomic mass is 35.5. The first-order valence-electron chi connectivity index (χ1n) is 7.84. The largest absolute Gasteiger partial charge is 0.489 e. The summed E-state index contributed by atoms with van der Waals surface area (Å²) in [6, 6.07) is 13.0. The third-order valence-corrected chi connectivity index (χ3v) is 3.84. The van der Waals surface area contributed by atoms with Gasteiger partial charge in [0.1, 0.15) is 5.75 Å². The molecule has 124 valence electrons. The van der Waals surface area contributed by atoms with E-state index in [1.165, 1.54) is 0 Å². The predicted octanol–water partition coefficient (Wildman–Crippen LogP) is 4.79. The van der Waals surface area contributed by atoms with Gasteiger partial charge in [-0.3, -0.25) is 4.79 Å². The Labute approximate surface area is 145 Å². The van der Waals surface area contributed by atoms with Crippen molar-refractivity contribution in [2.75, 3.05) is 5.32 Å². The van der Waals surface area contributed by atoms with Crippen molar-refractivity contribution in [3.8, 4) is 5.75 Å². The maximum Gasteiger partial charge on any atom is 0.228 e. The number of benzene rings is 2. The molecule has 2 N–H and O–H groups in total. The molecule has 0 saturated carbocycles. The Hall–Kier alpha value is -2.46. The van der Waals surface area contributed by atoms with Crippen molar-refractivity contribution in [3.05, 3.63) is 59.2 Å². The number of anilines is 1. The van der Waals surface area contributed by atoms with Crippen LogP contribution < -0.4 is 10.1 Å². The zero-order valence-corrected chi connectivity index (χ0v) is 14.4. The number of nitrogens with one attached hydrogen (secondary N) is 2. The quantitative estimate of drug-likeness (QED) is 0.700. The van der Waals surface area contributed by atoms with E-state index in [0.29, 0.717) is 16.5 Å². The molecule has 2 aromatic carbocycles. The highest BCUT2D eigenvalue weighted by molar-refractivity contribution is 6.31. The van der Waals surface area contributed by atoms with Crippen LogP contribution in [-0.2, 0) is 11.2 Å². The summed E-state index contributed by atoms with van der Waals surface area (Å²) in [5.74, 6) is 0.568. The molecule has 0 fully saturated rings. The molecule has 0 aliphatic carbocycles. The standard InChI is InChI=1S/C19H19ClN2O2/c1-12(2)24-18-6-4-3-5-17(18)22-19(23)9-13-11-21-16-8-7-14(20)10-15(13)16/h3-8,10-12,21H,9H2,1-2H3,(H,22,23). The Morgan fingerprint density at radius 1 is 1.25 bits per heavy atom. The van der Waals surface area contributed by atoms with E-state index in [1.807, 2.05) is 62.5 Å².